The van der Waals surface area contributed by atoms with Crippen molar-refractivity contribution >= 4 is 55.0 Å². The Morgan fingerprint density at radius 2 is 2.00 bits per heavy atom. The Morgan fingerprint density at radius 1 is 1.21 bits per heavy atom. The molecule has 0 radical (unpaired) electrons. The molecule has 0 aliphatic rings. The lowest BCUT2D eigenvalue weighted by Gasteiger charge is -2.11. The molecule has 0 amide bonds. The van der Waals surface area contributed by atoms with E-state index in [1.54, 1.807) is 18.2 Å². The second-order valence-electron chi connectivity index (χ2n) is 6.13. The lowest BCUT2D eigenvalue weighted by molar-refractivity contribution is 0.0698. The molecule has 0 atom stereocenters. The first-order valence-corrected chi connectivity index (χ1v) is 10.5. The van der Waals surface area contributed by atoms with E-state index in [1.807, 2.05) is 36.6 Å². The van der Waals surface area contributed by atoms with Crippen molar-refractivity contribution in [2.24, 2.45) is 0 Å². The van der Waals surface area contributed by atoms with Crippen molar-refractivity contribution in [1.29, 1.82) is 0 Å². The van der Waals surface area contributed by atoms with Gasteiger partial charge in [-0.1, -0.05) is 28.1 Å². The Bertz CT molecular complexity index is 1190. The number of fused-ring (bicyclic) bond motifs is 1. The van der Waals surface area contributed by atoms with Crippen LogP contribution >= 0.6 is 27.3 Å². The predicted molar refractivity (Wildman–Crippen MR) is 118 cm³/mol. The maximum atomic E-state index is 11.6. The molecule has 6 nitrogen and oxygen atoms in total. The lowest BCUT2D eigenvalue weighted by atomic mass is 10.1. The van der Waals surface area contributed by atoms with Gasteiger partial charge in [-0.3, -0.25) is 0 Å². The highest BCUT2D eigenvalue weighted by molar-refractivity contribution is 9.10. The molecule has 2 N–H and O–H groups in total. The number of thiophene rings is 1. The number of aromatic nitrogens is 2. The van der Waals surface area contributed by atoms with Crippen molar-refractivity contribution in [1.82, 2.24) is 9.97 Å². The fraction of sp³-hybridized carbons (Fsp3) is 0.0952. The summed E-state index contributed by atoms with van der Waals surface area (Å²) in [6.07, 6.45) is 1.47. The maximum Gasteiger partial charge on any atom is 0.337 e. The number of anilines is 2. The Kier molecular flexibility index (Phi) is 5.46. The van der Waals surface area contributed by atoms with E-state index in [4.69, 9.17) is 4.74 Å². The van der Waals surface area contributed by atoms with Crippen molar-refractivity contribution in [3.05, 3.63) is 64.2 Å². The van der Waals surface area contributed by atoms with Crippen LogP contribution in [-0.2, 0) is 0 Å². The van der Waals surface area contributed by atoms with E-state index in [-0.39, 0.29) is 5.56 Å². The Morgan fingerprint density at radius 3 is 2.72 bits per heavy atom. The summed E-state index contributed by atoms with van der Waals surface area (Å²) in [5, 5.41) is 15.6. The standard InChI is InChI=1S/C21H16BrN3O3S/c1-2-28-14-6-3-12(4-7-14)16-10-29-20-18(16)19(23-11-24-20)25-17-8-5-13(22)9-15(17)21(26)27/h3-11H,2H2,1H3,(H,26,27)(H,23,24,25). The summed E-state index contributed by atoms with van der Waals surface area (Å²) in [7, 11) is 0. The molecule has 2 heterocycles. The number of rotatable bonds is 6. The highest BCUT2D eigenvalue weighted by Gasteiger charge is 2.16. The van der Waals surface area contributed by atoms with Gasteiger partial charge in [-0.05, 0) is 42.8 Å². The molecule has 0 fully saturated rings. The summed E-state index contributed by atoms with van der Waals surface area (Å²) >= 11 is 4.83. The van der Waals surface area contributed by atoms with Crippen LogP contribution in [0.15, 0.2) is 58.6 Å². The van der Waals surface area contributed by atoms with Crippen LogP contribution in [0.3, 0.4) is 0 Å². The summed E-state index contributed by atoms with van der Waals surface area (Å²) in [5.41, 5.74) is 2.60. The van der Waals surface area contributed by atoms with Gasteiger partial charge < -0.3 is 15.2 Å². The first-order valence-electron chi connectivity index (χ1n) is 8.82. The minimum atomic E-state index is -1.02. The number of carbonyl (C=O) groups is 1. The summed E-state index contributed by atoms with van der Waals surface area (Å²) in [5.74, 6) is 0.354. The van der Waals surface area contributed by atoms with Crippen molar-refractivity contribution < 1.29 is 14.6 Å². The second-order valence-corrected chi connectivity index (χ2v) is 7.90. The zero-order valence-electron chi connectivity index (χ0n) is 15.3. The van der Waals surface area contributed by atoms with Gasteiger partial charge in [-0.15, -0.1) is 11.3 Å². The molecule has 0 aliphatic carbocycles. The van der Waals surface area contributed by atoms with Gasteiger partial charge in [0.05, 0.1) is 23.2 Å². The lowest BCUT2D eigenvalue weighted by Crippen LogP contribution is -2.04. The molecule has 0 aliphatic heterocycles. The van der Waals surface area contributed by atoms with Crippen molar-refractivity contribution in [3.8, 4) is 16.9 Å². The van der Waals surface area contributed by atoms with Crippen LogP contribution in [0.2, 0.25) is 0 Å². The number of halogens is 1. The molecule has 2 aromatic heterocycles. The molecule has 4 rings (SSSR count). The van der Waals surface area contributed by atoms with E-state index >= 15 is 0 Å². The van der Waals surface area contributed by atoms with Crippen LogP contribution in [0.4, 0.5) is 11.5 Å². The summed E-state index contributed by atoms with van der Waals surface area (Å²) in [4.78, 5) is 21.2. The van der Waals surface area contributed by atoms with Crippen LogP contribution in [0.5, 0.6) is 5.75 Å². The fourth-order valence-corrected chi connectivity index (χ4v) is 4.29. The zero-order chi connectivity index (χ0) is 20.4. The normalized spacial score (nSPS) is 10.8. The fourth-order valence-electron chi connectivity index (χ4n) is 3.01. The highest BCUT2D eigenvalue weighted by Crippen LogP contribution is 2.38. The van der Waals surface area contributed by atoms with Gasteiger partial charge in [0, 0.05) is 15.4 Å². The van der Waals surface area contributed by atoms with E-state index in [9.17, 15) is 9.90 Å². The van der Waals surface area contributed by atoms with E-state index in [1.165, 1.54) is 17.7 Å². The SMILES string of the molecule is CCOc1ccc(-c2csc3ncnc(Nc4ccc(Br)cc4C(=O)O)c23)cc1. The molecule has 0 saturated carbocycles. The van der Waals surface area contributed by atoms with Gasteiger partial charge in [-0.25, -0.2) is 14.8 Å². The quantitative estimate of drug-likeness (QED) is 0.362. The van der Waals surface area contributed by atoms with E-state index < -0.39 is 5.97 Å². The van der Waals surface area contributed by atoms with Crippen LogP contribution in [0, 0.1) is 0 Å². The maximum absolute atomic E-state index is 11.6. The van der Waals surface area contributed by atoms with Crippen molar-refractivity contribution in [2.45, 2.75) is 6.92 Å². The third kappa shape index (κ3) is 3.94. The number of nitrogens with one attached hydrogen (secondary N) is 1. The Labute approximate surface area is 179 Å². The van der Waals surface area contributed by atoms with E-state index in [2.05, 4.69) is 31.2 Å². The molecule has 0 saturated heterocycles. The van der Waals surface area contributed by atoms with Gasteiger partial charge in [-0.2, -0.15) is 0 Å². The molecule has 2 aromatic carbocycles. The summed E-state index contributed by atoms with van der Waals surface area (Å²) < 4.78 is 6.21. The average Bonchev–Trinajstić information content (AvgIpc) is 3.15. The Hall–Kier alpha value is -2.97. The van der Waals surface area contributed by atoms with E-state index in [0.717, 1.165) is 27.1 Å². The van der Waals surface area contributed by atoms with Gasteiger partial charge in [0.15, 0.2) is 0 Å². The molecule has 0 bridgehead atoms. The van der Waals surface area contributed by atoms with Gasteiger partial charge in [0.2, 0.25) is 0 Å². The zero-order valence-corrected chi connectivity index (χ0v) is 17.8. The number of carboxylic acids is 1. The number of ether oxygens (including phenoxy) is 1. The average molecular weight is 470 g/mol. The van der Waals surface area contributed by atoms with Crippen LogP contribution in [0.25, 0.3) is 21.3 Å². The monoisotopic (exact) mass is 469 g/mol. The topological polar surface area (TPSA) is 84.3 Å². The molecule has 4 aromatic rings. The summed E-state index contributed by atoms with van der Waals surface area (Å²) in [6.45, 7) is 2.56. The van der Waals surface area contributed by atoms with Crippen LogP contribution in [0.1, 0.15) is 17.3 Å². The molecule has 0 unspecified atom stereocenters. The van der Waals surface area contributed by atoms with Crippen molar-refractivity contribution in [2.75, 3.05) is 11.9 Å². The molecular weight excluding hydrogens is 454 g/mol. The number of carboxylic acid groups (broad SMARTS) is 1. The largest absolute Gasteiger partial charge is 0.494 e. The van der Waals surface area contributed by atoms with Crippen molar-refractivity contribution in [3.63, 3.8) is 0 Å². The first-order chi connectivity index (χ1) is 14.1. The van der Waals surface area contributed by atoms with Gasteiger partial charge in [0.25, 0.3) is 0 Å². The highest BCUT2D eigenvalue weighted by atomic mass is 79.9. The number of aromatic carboxylic acids is 1. The summed E-state index contributed by atoms with van der Waals surface area (Å²) in [6, 6.07) is 12.9. The molecule has 146 valence electrons. The predicted octanol–water partition coefficient (Wildman–Crippen LogP) is 5.96. The molecule has 0 spiro atoms. The molecule has 29 heavy (non-hydrogen) atoms. The van der Waals surface area contributed by atoms with Crippen LogP contribution < -0.4 is 10.1 Å². The third-order valence-corrected chi connectivity index (χ3v) is 5.69. The van der Waals surface area contributed by atoms with Crippen LogP contribution in [-0.4, -0.2) is 27.7 Å². The van der Waals surface area contributed by atoms with E-state index in [0.29, 0.717) is 22.6 Å². The number of benzene rings is 2. The van der Waals surface area contributed by atoms with Gasteiger partial charge in [0.1, 0.15) is 22.7 Å². The number of hydrogen-bond acceptors (Lipinski definition) is 6. The molecular formula is C21H16BrN3O3S. The second kappa shape index (κ2) is 8.18. The molecule has 8 heteroatoms. The number of nitrogens with zero attached hydrogens (tertiary/aromatic N) is 2. The first kappa shape index (κ1) is 19.4. The van der Waals surface area contributed by atoms with Gasteiger partial charge >= 0.3 is 5.97 Å². The smallest absolute Gasteiger partial charge is 0.337 e. The number of hydrogen-bond donors (Lipinski definition) is 2. The Balaban J connectivity index is 1.79. The minimum Gasteiger partial charge on any atom is -0.494 e. The minimum absolute atomic E-state index is 0.156. The third-order valence-electron chi connectivity index (χ3n) is 4.31.